The van der Waals surface area contributed by atoms with Crippen LogP contribution in [-0.2, 0) is 29.1 Å². The average molecular weight is 464 g/mol. The van der Waals surface area contributed by atoms with Gasteiger partial charge in [0, 0.05) is 40.9 Å². The number of pyridine rings is 1. The first-order valence-corrected chi connectivity index (χ1v) is 10.8. The van der Waals surface area contributed by atoms with Gasteiger partial charge in [-0.05, 0) is 42.8 Å². The van der Waals surface area contributed by atoms with E-state index >= 15 is 4.39 Å². The van der Waals surface area contributed by atoms with Gasteiger partial charge >= 0.3 is 5.97 Å². The van der Waals surface area contributed by atoms with E-state index in [4.69, 9.17) is 24.4 Å². The molecule has 0 bridgehead atoms. The number of nitrogens with two attached hydrogens (primary N) is 1. The molecule has 0 spiro atoms. The summed E-state index contributed by atoms with van der Waals surface area (Å²) in [5, 5.41) is 0.805. The molecule has 7 nitrogen and oxygen atoms in total. The number of ether oxygens (including phenoxy) is 3. The highest BCUT2D eigenvalue weighted by molar-refractivity contribution is 5.93. The first-order valence-electron chi connectivity index (χ1n) is 10.8. The molecule has 0 aliphatic carbocycles. The van der Waals surface area contributed by atoms with Crippen LogP contribution in [0.3, 0.4) is 0 Å². The molecule has 8 heteroatoms. The lowest BCUT2D eigenvalue weighted by molar-refractivity contribution is -0.142. The second-order valence-electron chi connectivity index (χ2n) is 7.55. The van der Waals surface area contributed by atoms with E-state index in [2.05, 4.69) is 4.98 Å². The van der Waals surface area contributed by atoms with Gasteiger partial charge in [-0.15, -0.1) is 0 Å². The van der Waals surface area contributed by atoms with E-state index in [0.717, 1.165) is 10.9 Å². The van der Waals surface area contributed by atoms with Gasteiger partial charge in [0.25, 0.3) is 0 Å². The van der Waals surface area contributed by atoms with E-state index in [0.29, 0.717) is 40.4 Å². The van der Waals surface area contributed by atoms with Crippen LogP contribution in [0.1, 0.15) is 23.7 Å². The molecule has 176 valence electrons. The third-order valence-electron chi connectivity index (χ3n) is 5.36. The summed E-state index contributed by atoms with van der Waals surface area (Å²) in [6.45, 7) is 2.22. The highest BCUT2D eigenvalue weighted by Gasteiger charge is 2.17. The Morgan fingerprint density at radius 1 is 1.15 bits per heavy atom. The molecule has 0 saturated heterocycles. The molecular weight excluding hydrogens is 439 g/mol. The van der Waals surface area contributed by atoms with E-state index in [1.807, 2.05) is 18.2 Å². The van der Waals surface area contributed by atoms with Crippen LogP contribution in [0.2, 0.25) is 0 Å². The van der Waals surface area contributed by atoms with Crippen LogP contribution in [0.4, 0.5) is 4.39 Å². The van der Waals surface area contributed by atoms with Crippen molar-refractivity contribution in [3.8, 4) is 22.6 Å². The third-order valence-corrected chi connectivity index (χ3v) is 5.36. The summed E-state index contributed by atoms with van der Waals surface area (Å²) in [5.74, 6) is 0.275. The van der Waals surface area contributed by atoms with Crippen molar-refractivity contribution in [1.82, 2.24) is 4.98 Å². The molecule has 0 atom stereocenters. The Labute approximate surface area is 196 Å². The molecule has 0 aliphatic heterocycles. The minimum atomic E-state index is -0.481. The van der Waals surface area contributed by atoms with Crippen molar-refractivity contribution in [1.29, 1.82) is 0 Å². The topological polar surface area (TPSA) is 96.8 Å². The predicted molar refractivity (Wildman–Crippen MR) is 125 cm³/mol. The van der Waals surface area contributed by atoms with Gasteiger partial charge in [0.2, 0.25) is 0 Å². The molecule has 0 fully saturated rings. The van der Waals surface area contributed by atoms with Crippen molar-refractivity contribution >= 4 is 16.9 Å². The molecule has 0 saturated carbocycles. The molecule has 0 amide bonds. The lowest BCUT2D eigenvalue weighted by Gasteiger charge is -2.14. The Hall–Kier alpha value is -3.91. The maximum absolute atomic E-state index is 15.0. The van der Waals surface area contributed by atoms with Crippen LogP contribution in [-0.4, -0.2) is 24.7 Å². The van der Waals surface area contributed by atoms with Crippen molar-refractivity contribution in [3.63, 3.8) is 0 Å². The molecule has 0 unspecified atom stereocenters. The van der Waals surface area contributed by atoms with Gasteiger partial charge < -0.3 is 24.4 Å². The zero-order chi connectivity index (χ0) is 24.1. The summed E-state index contributed by atoms with van der Waals surface area (Å²) in [6, 6.07) is 12.4. The number of hydrogen-bond donors (Lipinski definition) is 1. The molecule has 0 aliphatic rings. The van der Waals surface area contributed by atoms with Gasteiger partial charge in [-0.3, -0.25) is 9.78 Å². The van der Waals surface area contributed by atoms with Gasteiger partial charge in [0.05, 0.1) is 32.1 Å². The Morgan fingerprint density at radius 3 is 2.76 bits per heavy atom. The number of fused-ring (bicyclic) bond motifs is 1. The minimum Gasteiger partial charge on any atom is -0.497 e. The maximum Gasteiger partial charge on any atom is 0.310 e. The second kappa shape index (κ2) is 10.4. The summed E-state index contributed by atoms with van der Waals surface area (Å²) >= 11 is 0. The Morgan fingerprint density at radius 2 is 2.00 bits per heavy atom. The first-order chi connectivity index (χ1) is 16.5. The highest BCUT2D eigenvalue weighted by atomic mass is 19.1. The SMILES string of the molecule is CCOC(=O)Cc1ccc(OC)cc1OCc1cc(-c2ccnc(CN)c2F)c2occc2c1. The normalized spacial score (nSPS) is 10.9. The number of esters is 1. The molecule has 4 rings (SSSR count). The first kappa shape index (κ1) is 23.3. The van der Waals surface area contributed by atoms with Crippen LogP contribution in [0.5, 0.6) is 11.5 Å². The van der Waals surface area contributed by atoms with E-state index in [-0.39, 0.29) is 31.2 Å². The van der Waals surface area contributed by atoms with Crippen molar-refractivity contribution < 1.29 is 27.8 Å². The van der Waals surface area contributed by atoms with E-state index in [9.17, 15) is 4.79 Å². The van der Waals surface area contributed by atoms with Gasteiger partial charge in [-0.2, -0.15) is 0 Å². The monoisotopic (exact) mass is 464 g/mol. The molecule has 2 heterocycles. The Bertz CT molecular complexity index is 1320. The molecule has 4 aromatic rings. The number of benzene rings is 2. The van der Waals surface area contributed by atoms with Gasteiger partial charge in [-0.1, -0.05) is 6.07 Å². The van der Waals surface area contributed by atoms with Gasteiger partial charge in [0.1, 0.15) is 23.7 Å². The quantitative estimate of drug-likeness (QED) is 0.356. The lowest BCUT2D eigenvalue weighted by atomic mass is 10.00. The Kier molecular flexibility index (Phi) is 7.08. The van der Waals surface area contributed by atoms with Crippen molar-refractivity contribution in [3.05, 3.63) is 77.6 Å². The lowest BCUT2D eigenvalue weighted by Crippen LogP contribution is -2.09. The van der Waals surface area contributed by atoms with E-state index in [1.165, 1.54) is 6.20 Å². The van der Waals surface area contributed by atoms with Gasteiger partial charge in [0.15, 0.2) is 5.82 Å². The molecule has 0 radical (unpaired) electrons. The van der Waals surface area contributed by atoms with Crippen LogP contribution in [0, 0.1) is 5.82 Å². The Balaban J connectivity index is 1.67. The fraction of sp³-hybridized carbons (Fsp3) is 0.231. The number of nitrogens with zero attached hydrogens (tertiary/aromatic N) is 1. The number of furan rings is 1. The van der Waals surface area contributed by atoms with Crippen molar-refractivity contribution in [2.45, 2.75) is 26.5 Å². The molecule has 2 aromatic heterocycles. The van der Waals surface area contributed by atoms with Crippen LogP contribution >= 0.6 is 0 Å². The summed E-state index contributed by atoms with van der Waals surface area (Å²) in [4.78, 5) is 16.0. The molecule has 2 aromatic carbocycles. The fourth-order valence-electron chi connectivity index (χ4n) is 3.74. The summed E-state index contributed by atoms with van der Waals surface area (Å²) in [6.07, 6.45) is 3.15. The van der Waals surface area contributed by atoms with Crippen LogP contribution in [0.25, 0.3) is 22.1 Å². The van der Waals surface area contributed by atoms with E-state index in [1.54, 1.807) is 44.6 Å². The standard InChI is InChI=1S/C26H25FN2O5/c1-3-32-24(30)12-17-4-5-19(31-2)13-23(17)34-15-16-10-18-7-9-33-26(18)21(11-16)20-6-8-29-22(14-28)25(20)27/h4-11,13H,3,12,14-15,28H2,1-2H3. The zero-order valence-corrected chi connectivity index (χ0v) is 19.0. The zero-order valence-electron chi connectivity index (χ0n) is 19.0. The number of methoxy groups -OCH3 is 1. The number of hydrogen-bond acceptors (Lipinski definition) is 7. The van der Waals surface area contributed by atoms with Crippen molar-refractivity contribution in [2.75, 3.05) is 13.7 Å². The number of carbonyl (C=O) groups excluding carboxylic acids is 1. The summed E-state index contributed by atoms with van der Waals surface area (Å²) < 4.78 is 37.1. The number of aromatic nitrogens is 1. The second-order valence-corrected chi connectivity index (χ2v) is 7.55. The van der Waals surface area contributed by atoms with E-state index < -0.39 is 5.82 Å². The molecule has 2 N–H and O–H groups in total. The smallest absolute Gasteiger partial charge is 0.310 e. The maximum atomic E-state index is 15.0. The number of carbonyl (C=O) groups is 1. The van der Waals surface area contributed by atoms with Crippen LogP contribution < -0.4 is 15.2 Å². The number of halogens is 1. The molecular formula is C26H25FN2O5. The molecule has 34 heavy (non-hydrogen) atoms. The predicted octanol–water partition coefficient (Wildman–Crippen LogP) is 4.79. The van der Waals surface area contributed by atoms with Gasteiger partial charge in [-0.25, -0.2) is 4.39 Å². The minimum absolute atomic E-state index is 0.0111. The highest BCUT2D eigenvalue weighted by Crippen LogP contribution is 2.34. The fourth-order valence-corrected chi connectivity index (χ4v) is 3.74. The van der Waals surface area contributed by atoms with Crippen LogP contribution in [0.15, 0.2) is 59.3 Å². The largest absolute Gasteiger partial charge is 0.497 e. The average Bonchev–Trinajstić information content (AvgIpc) is 3.32. The summed E-state index contributed by atoms with van der Waals surface area (Å²) in [5.41, 5.74) is 8.76. The summed E-state index contributed by atoms with van der Waals surface area (Å²) in [7, 11) is 1.56. The number of rotatable bonds is 9. The third kappa shape index (κ3) is 4.87. The van der Waals surface area contributed by atoms with Crippen molar-refractivity contribution in [2.24, 2.45) is 5.73 Å².